The molecule has 0 saturated carbocycles. The number of nitrogens with one attached hydrogen (secondary N) is 1. The minimum atomic E-state index is 0.178. The molecule has 0 bridgehead atoms. The van der Waals surface area contributed by atoms with Crippen molar-refractivity contribution in [1.29, 1.82) is 0 Å². The molecule has 4 heteroatoms. The monoisotopic (exact) mass is 274 g/mol. The Morgan fingerprint density at radius 2 is 2.11 bits per heavy atom. The predicted octanol–water partition coefficient (Wildman–Crippen LogP) is 3.06. The average molecular weight is 274 g/mol. The highest BCUT2D eigenvalue weighted by Crippen LogP contribution is 2.24. The third kappa shape index (κ3) is 2.37. The first kappa shape index (κ1) is 12.6. The van der Waals surface area contributed by atoms with Crippen LogP contribution in [0.25, 0.3) is 10.9 Å². The number of aromatic nitrogens is 1. The van der Waals surface area contributed by atoms with Crippen LogP contribution in [-0.2, 0) is 0 Å². The summed E-state index contributed by atoms with van der Waals surface area (Å²) in [6, 6.07) is 8.04. The van der Waals surface area contributed by atoms with E-state index in [0.29, 0.717) is 0 Å². The van der Waals surface area contributed by atoms with Gasteiger partial charge in [-0.25, -0.2) is 0 Å². The van der Waals surface area contributed by atoms with Crippen molar-refractivity contribution in [3.8, 4) is 0 Å². The Morgan fingerprint density at radius 1 is 1.26 bits per heavy atom. The van der Waals surface area contributed by atoms with Gasteiger partial charge in [0.2, 0.25) is 0 Å². The van der Waals surface area contributed by atoms with Crippen LogP contribution in [0.2, 0.25) is 0 Å². The Bertz CT molecular complexity index is 597. The van der Waals surface area contributed by atoms with Crippen molar-refractivity contribution in [2.45, 2.75) is 13.3 Å². The molecular formula is C15H18N2OS. The minimum absolute atomic E-state index is 0.178. The van der Waals surface area contributed by atoms with Crippen LogP contribution < -0.4 is 0 Å². The molecule has 19 heavy (non-hydrogen) atoms. The number of benzene rings is 1. The molecule has 0 spiro atoms. The summed E-state index contributed by atoms with van der Waals surface area (Å²) in [5, 5.41) is 1.04. The molecule has 3 nitrogen and oxygen atoms in total. The standard InChI is InChI=1S/C15H18N2OS/c1-11-14(12-5-2-3-6-13(12)16-11)15(18)17-7-4-9-19-10-8-17/h2-3,5-6,16H,4,7-10H2,1H3. The molecule has 1 saturated heterocycles. The summed E-state index contributed by atoms with van der Waals surface area (Å²) in [4.78, 5) is 18.1. The van der Waals surface area contributed by atoms with Gasteiger partial charge in [0.15, 0.2) is 0 Å². The number of carbonyl (C=O) groups excluding carboxylic acids is 1. The lowest BCUT2D eigenvalue weighted by molar-refractivity contribution is 0.0770. The van der Waals surface area contributed by atoms with Crippen molar-refractivity contribution < 1.29 is 4.79 Å². The summed E-state index contributed by atoms with van der Waals surface area (Å²) < 4.78 is 0. The number of amides is 1. The van der Waals surface area contributed by atoms with Crippen LogP contribution >= 0.6 is 11.8 Å². The van der Waals surface area contributed by atoms with E-state index in [1.54, 1.807) is 0 Å². The molecule has 2 aromatic rings. The number of fused-ring (bicyclic) bond motifs is 1. The van der Waals surface area contributed by atoms with Crippen LogP contribution in [-0.4, -0.2) is 40.4 Å². The molecule has 0 radical (unpaired) electrons. The van der Waals surface area contributed by atoms with E-state index in [2.05, 4.69) is 4.98 Å². The number of hydrogen-bond acceptors (Lipinski definition) is 2. The Morgan fingerprint density at radius 3 is 3.00 bits per heavy atom. The second-order valence-corrected chi connectivity index (χ2v) is 6.15. The van der Waals surface area contributed by atoms with Crippen LogP contribution in [0.5, 0.6) is 0 Å². The molecule has 1 N–H and O–H groups in total. The maximum atomic E-state index is 12.7. The SMILES string of the molecule is Cc1[nH]c2ccccc2c1C(=O)N1CCCSCC1. The van der Waals surface area contributed by atoms with Gasteiger partial charge >= 0.3 is 0 Å². The lowest BCUT2D eigenvalue weighted by Gasteiger charge is -2.20. The van der Waals surface area contributed by atoms with Crippen LogP contribution in [0, 0.1) is 6.92 Å². The van der Waals surface area contributed by atoms with E-state index in [1.165, 1.54) is 0 Å². The summed E-state index contributed by atoms with van der Waals surface area (Å²) in [5.74, 6) is 2.39. The summed E-state index contributed by atoms with van der Waals surface area (Å²) in [6.07, 6.45) is 1.10. The summed E-state index contributed by atoms with van der Waals surface area (Å²) >= 11 is 1.94. The maximum Gasteiger partial charge on any atom is 0.256 e. The summed E-state index contributed by atoms with van der Waals surface area (Å²) in [6.45, 7) is 3.73. The van der Waals surface area contributed by atoms with Gasteiger partial charge in [-0.3, -0.25) is 4.79 Å². The molecule has 1 aliphatic heterocycles. The number of nitrogens with zero attached hydrogens (tertiary/aromatic N) is 1. The molecular weight excluding hydrogens is 256 g/mol. The second kappa shape index (κ2) is 5.29. The quantitative estimate of drug-likeness (QED) is 0.867. The highest BCUT2D eigenvalue weighted by Gasteiger charge is 2.22. The fourth-order valence-corrected chi connectivity index (χ4v) is 3.55. The van der Waals surface area contributed by atoms with E-state index >= 15 is 0 Å². The van der Waals surface area contributed by atoms with Crippen molar-refractivity contribution >= 4 is 28.6 Å². The van der Waals surface area contributed by atoms with Crippen molar-refractivity contribution in [3.05, 3.63) is 35.5 Å². The normalized spacial score (nSPS) is 16.6. The van der Waals surface area contributed by atoms with E-state index in [4.69, 9.17) is 0 Å². The second-order valence-electron chi connectivity index (χ2n) is 4.93. The van der Waals surface area contributed by atoms with E-state index in [9.17, 15) is 4.79 Å². The number of hydrogen-bond donors (Lipinski definition) is 1. The van der Waals surface area contributed by atoms with Crippen molar-refractivity contribution in [2.75, 3.05) is 24.6 Å². The number of H-pyrrole nitrogens is 1. The number of para-hydroxylation sites is 1. The van der Waals surface area contributed by atoms with Crippen molar-refractivity contribution in [2.24, 2.45) is 0 Å². The van der Waals surface area contributed by atoms with Gasteiger partial charge in [0, 0.05) is 35.4 Å². The van der Waals surface area contributed by atoms with Gasteiger partial charge in [-0.05, 0) is 25.2 Å². The highest BCUT2D eigenvalue weighted by molar-refractivity contribution is 7.99. The average Bonchev–Trinajstić information content (AvgIpc) is 2.61. The molecule has 1 aromatic carbocycles. The number of carbonyl (C=O) groups is 1. The molecule has 0 atom stereocenters. The van der Waals surface area contributed by atoms with Gasteiger partial charge in [0.1, 0.15) is 0 Å². The molecule has 100 valence electrons. The largest absolute Gasteiger partial charge is 0.358 e. The fourth-order valence-electron chi connectivity index (χ4n) is 2.66. The van der Waals surface area contributed by atoms with Gasteiger partial charge < -0.3 is 9.88 Å². The smallest absolute Gasteiger partial charge is 0.256 e. The number of aromatic amines is 1. The zero-order chi connectivity index (χ0) is 13.2. The lowest BCUT2D eigenvalue weighted by Crippen LogP contribution is -2.33. The first-order valence-corrected chi connectivity index (χ1v) is 7.87. The van der Waals surface area contributed by atoms with E-state index in [-0.39, 0.29) is 5.91 Å². The molecule has 2 heterocycles. The Hall–Kier alpha value is -1.42. The van der Waals surface area contributed by atoms with Crippen LogP contribution in [0.4, 0.5) is 0 Å². The predicted molar refractivity (Wildman–Crippen MR) is 80.9 cm³/mol. The summed E-state index contributed by atoms with van der Waals surface area (Å²) in [5.41, 5.74) is 2.87. The first-order chi connectivity index (χ1) is 9.27. The molecule has 0 unspecified atom stereocenters. The Labute approximate surface area is 117 Å². The zero-order valence-corrected chi connectivity index (χ0v) is 11.9. The topological polar surface area (TPSA) is 36.1 Å². The lowest BCUT2D eigenvalue weighted by atomic mass is 10.1. The molecule has 1 aromatic heterocycles. The molecule has 0 aliphatic carbocycles. The number of thioether (sulfide) groups is 1. The molecule has 1 aliphatic rings. The van der Waals surface area contributed by atoms with Gasteiger partial charge in [-0.2, -0.15) is 11.8 Å². The Balaban J connectivity index is 1.98. The van der Waals surface area contributed by atoms with Crippen LogP contribution in [0.1, 0.15) is 22.5 Å². The highest BCUT2D eigenvalue weighted by atomic mass is 32.2. The van der Waals surface area contributed by atoms with E-state index in [1.807, 2.05) is 47.9 Å². The van der Waals surface area contributed by atoms with Gasteiger partial charge in [0.05, 0.1) is 5.56 Å². The van der Waals surface area contributed by atoms with Gasteiger partial charge in [0.25, 0.3) is 5.91 Å². The summed E-state index contributed by atoms with van der Waals surface area (Å²) in [7, 11) is 0. The molecule has 3 rings (SSSR count). The number of aryl methyl sites for hydroxylation is 1. The van der Waals surface area contributed by atoms with E-state index in [0.717, 1.165) is 53.2 Å². The zero-order valence-electron chi connectivity index (χ0n) is 11.1. The van der Waals surface area contributed by atoms with Crippen LogP contribution in [0.15, 0.2) is 24.3 Å². The van der Waals surface area contributed by atoms with Crippen molar-refractivity contribution in [1.82, 2.24) is 9.88 Å². The molecule has 1 fully saturated rings. The van der Waals surface area contributed by atoms with Crippen LogP contribution in [0.3, 0.4) is 0 Å². The fraction of sp³-hybridized carbons (Fsp3) is 0.400. The Kier molecular flexibility index (Phi) is 3.51. The van der Waals surface area contributed by atoms with E-state index < -0.39 is 0 Å². The third-order valence-corrected chi connectivity index (χ3v) is 4.67. The van der Waals surface area contributed by atoms with Crippen molar-refractivity contribution in [3.63, 3.8) is 0 Å². The third-order valence-electron chi connectivity index (χ3n) is 3.62. The van der Waals surface area contributed by atoms with Gasteiger partial charge in [-0.15, -0.1) is 0 Å². The number of rotatable bonds is 1. The molecule has 1 amide bonds. The minimum Gasteiger partial charge on any atom is -0.358 e. The first-order valence-electron chi connectivity index (χ1n) is 6.71. The maximum absolute atomic E-state index is 12.7. The van der Waals surface area contributed by atoms with Gasteiger partial charge in [-0.1, -0.05) is 18.2 Å².